The van der Waals surface area contributed by atoms with Gasteiger partial charge in [-0.3, -0.25) is 0 Å². The molecule has 0 aliphatic heterocycles. The maximum Gasteiger partial charge on any atom is 0.191 e. The van der Waals surface area contributed by atoms with Crippen LogP contribution < -0.4 is 10.6 Å². The molecular formula is C20H28IN3O. The molecule has 0 saturated heterocycles. The number of rotatable bonds is 7. The fourth-order valence-electron chi connectivity index (χ4n) is 2.41. The minimum atomic E-state index is 0. The molecule has 2 aromatic carbocycles. The third kappa shape index (κ3) is 7.44. The van der Waals surface area contributed by atoms with E-state index in [0.717, 1.165) is 19.0 Å². The van der Waals surface area contributed by atoms with E-state index in [1.54, 1.807) is 7.11 Å². The third-order valence-corrected chi connectivity index (χ3v) is 3.81. The monoisotopic (exact) mass is 453 g/mol. The van der Waals surface area contributed by atoms with Crippen molar-refractivity contribution in [2.45, 2.75) is 33.5 Å². The predicted molar refractivity (Wildman–Crippen MR) is 115 cm³/mol. The van der Waals surface area contributed by atoms with Gasteiger partial charge in [-0.1, -0.05) is 48.5 Å². The number of guanidine groups is 1. The predicted octanol–water partition coefficient (Wildman–Crippen LogP) is 4.01. The minimum Gasteiger partial charge on any atom is -0.380 e. The number of nitrogens with one attached hydrogen (secondary N) is 2. The lowest BCUT2D eigenvalue weighted by atomic mass is 10.1. The Morgan fingerprint density at radius 1 is 1.00 bits per heavy atom. The molecule has 0 aliphatic carbocycles. The molecule has 0 spiro atoms. The summed E-state index contributed by atoms with van der Waals surface area (Å²) in [6.07, 6.45) is 0. The first-order valence-corrected chi connectivity index (χ1v) is 8.36. The van der Waals surface area contributed by atoms with E-state index in [2.05, 4.69) is 78.0 Å². The van der Waals surface area contributed by atoms with E-state index in [0.29, 0.717) is 13.2 Å². The zero-order valence-electron chi connectivity index (χ0n) is 15.2. The number of ether oxygens (including phenoxy) is 1. The largest absolute Gasteiger partial charge is 0.380 e. The zero-order valence-corrected chi connectivity index (χ0v) is 17.5. The van der Waals surface area contributed by atoms with Gasteiger partial charge in [0.25, 0.3) is 0 Å². The highest BCUT2D eigenvalue weighted by atomic mass is 127. The van der Waals surface area contributed by atoms with E-state index in [-0.39, 0.29) is 24.0 Å². The number of halogens is 1. The Hall–Kier alpha value is -1.60. The van der Waals surface area contributed by atoms with E-state index in [9.17, 15) is 0 Å². The summed E-state index contributed by atoms with van der Waals surface area (Å²) in [6.45, 7) is 7.10. The lowest BCUT2D eigenvalue weighted by molar-refractivity contribution is 0.185. The van der Waals surface area contributed by atoms with Gasteiger partial charge < -0.3 is 15.4 Å². The lowest BCUT2D eigenvalue weighted by Gasteiger charge is -2.12. The van der Waals surface area contributed by atoms with Gasteiger partial charge in [0, 0.05) is 20.2 Å². The van der Waals surface area contributed by atoms with Crippen molar-refractivity contribution in [1.82, 2.24) is 10.6 Å². The fourth-order valence-corrected chi connectivity index (χ4v) is 2.41. The van der Waals surface area contributed by atoms with Crippen LogP contribution in [0, 0.1) is 6.92 Å². The highest BCUT2D eigenvalue weighted by Gasteiger charge is 2.01. The van der Waals surface area contributed by atoms with Crippen molar-refractivity contribution in [3.8, 4) is 0 Å². The first-order chi connectivity index (χ1) is 11.7. The van der Waals surface area contributed by atoms with Crippen molar-refractivity contribution in [3.05, 3.63) is 70.8 Å². The average molecular weight is 453 g/mol. The molecule has 0 fully saturated rings. The molecule has 0 radical (unpaired) electrons. The summed E-state index contributed by atoms with van der Waals surface area (Å²) in [5, 5.41) is 6.69. The summed E-state index contributed by atoms with van der Waals surface area (Å²) < 4.78 is 5.13. The second kappa shape index (κ2) is 11.9. The summed E-state index contributed by atoms with van der Waals surface area (Å²) >= 11 is 0. The maximum absolute atomic E-state index is 5.13. The van der Waals surface area contributed by atoms with Gasteiger partial charge in [0.05, 0.1) is 13.2 Å². The van der Waals surface area contributed by atoms with Crippen LogP contribution in [0.4, 0.5) is 0 Å². The Morgan fingerprint density at radius 3 is 2.32 bits per heavy atom. The Balaban J connectivity index is 0.00000312. The molecule has 0 aromatic heterocycles. The smallest absolute Gasteiger partial charge is 0.191 e. The van der Waals surface area contributed by atoms with Crippen molar-refractivity contribution >= 4 is 29.9 Å². The van der Waals surface area contributed by atoms with Crippen molar-refractivity contribution in [2.24, 2.45) is 4.99 Å². The van der Waals surface area contributed by atoms with E-state index < -0.39 is 0 Å². The number of aliphatic imine (C=N–C) groups is 1. The van der Waals surface area contributed by atoms with Gasteiger partial charge in [0.15, 0.2) is 5.96 Å². The minimum absolute atomic E-state index is 0. The average Bonchev–Trinajstić information content (AvgIpc) is 2.60. The van der Waals surface area contributed by atoms with Gasteiger partial charge >= 0.3 is 0 Å². The molecule has 0 aliphatic rings. The molecule has 0 heterocycles. The molecule has 25 heavy (non-hydrogen) atoms. The lowest BCUT2D eigenvalue weighted by Crippen LogP contribution is -2.36. The summed E-state index contributed by atoms with van der Waals surface area (Å²) in [7, 11) is 1.71. The summed E-state index contributed by atoms with van der Waals surface area (Å²) in [5.74, 6) is 0.835. The number of methoxy groups -OCH3 is 1. The SMILES string of the molecule is CCNC(=NCc1ccc(COC)cc1)NCc1ccccc1C.I. The molecule has 2 aromatic rings. The number of aryl methyl sites for hydroxylation is 1. The zero-order chi connectivity index (χ0) is 17.2. The van der Waals surface area contributed by atoms with Crippen LogP contribution in [0.5, 0.6) is 0 Å². The molecule has 2 rings (SSSR count). The molecule has 5 heteroatoms. The highest BCUT2D eigenvalue weighted by molar-refractivity contribution is 14.0. The normalized spacial score (nSPS) is 10.9. The van der Waals surface area contributed by atoms with Crippen LogP contribution in [0.3, 0.4) is 0 Å². The first-order valence-electron chi connectivity index (χ1n) is 8.36. The third-order valence-electron chi connectivity index (χ3n) is 3.81. The highest BCUT2D eigenvalue weighted by Crippen LogP contribution is 2.08. The maximum atomic E-state index is 5.13. The van der Waals surface area contributed by atoms with Crippen molar-refractivity contribution in [1.29, 1.82) is 0 Å². The van der Waals surface area contributed by atoms with Crippen LogP contribution >= 0.6 is 24.0 Å². The summed E-state index contributed by atoms with van der Waals surface area (Å²) in [6, 6.07) is 16.8. The number of hydrogen-bond donors (Lipinski definition) is 2. The van der Waals surface area contributed by atoms with Crippen LogP contribution in [0.1, 0.15) is 29.2 Å². The van der Waals surface area contributed by atoms with Crippen LogP contribution in [-0.2, 0) is 24.4 Å². The van der Waals surface area contributed by atoms with Gasteiger partial charge in [-0.2, -0.15) is 0 Å². The topological polar surface area (TPSA) is 45.7 Å². The van der Waals surface area contributed by atoms with Gasteiger partial charge in [-0.25, -0.2) is 4.99 Å². The molecule has 0 saturated carbocycles. The van der Waals surface area contributed by atoms with Crippen LogP contribution in [0.15, 0.2) is 53.5 Å². The molecule has 4 nitrogen and oxygen atoms in total. The second-order valence-electron chi connectivity index (χ2n) is 5.72. The molecule has 0 atom stereocenters. The van der Waals surface area contributed by atoms with Gasteiger partial charge in [0.2, 0.25) is 0 Å². The molecule has 0 bridgehead atoms. The summed E-state index contributed by atoms with van der Waals surface area (Å²) in [5.41, 5.74) is 4.93. The fraction of sp³-hybridized carbons (Fsp3) is 0.350. The van der Waals surface area contributed by atoms with Gasteiger partial charge in [0.1, 0.15) is 0 Å². The Morgan fingerprint density at radius 2 is 1.68 bits per heavy atom. The first kappa shape index (κ1) is 21.4. The molecule has 2 N–H and O–H groups in total. The van der Waals surface area contributed by atoms with Crippen LogP contribution in [-0.4, -0.2) is 19.6 Å². The standard InChI is InChI=1S/C20H27N3O.HI/c1-4-21-20(23-14-19-8-6-5-7-16(19)2)22-13-17-9-11-18(12-10-17)15-24-3;/h5-12H,4,13-15H2,1-3H3,(H2,21,22,23);1H. The Labute approximate surface area is 168 Å². The molecule has 136 valence electrons. The number of hydrogen-bond acceptors (Lipinski definition) is 2. The Bertz CT molecular complexity index is 656. The van der Waals surface area contributed by atoms with Crippen molar-refractivity contribution < 1.29 is 4.74 Å². The van der Waals surface area contributed by atoms with E-state index >= 15 is 0 Å². The van der Waals surface area contributed by atoms with Gasteiger partial charge in [-0.05, 0) is 36.1 Å². The molecule has 0 unspecified atom stereocenters. The number of nitrogens with zero attached hydrogens (tertiary/aromatic N) is 1. The Kier molecular flexibility index (Phi) is 10.2. The van der Waals surface area contributed by atoms with Crippen molar-refractivity contribution in [3.63, 3.8) is 0 Å². The van der Waals surface area contributed by atoms with E-state index in [4.69, 9.17) is 4.74 Å². The van der Waals surface area contributed by atoms with Crippen LogP contribution in [0.2, 0.25) is 0 Å². The van der Waals surface area contributed by atoms with E-state index in [1.807, 2.05) is 0 Å². The molecule has 0 amide bonds. The molecular weight excluding hydrogens is 425 g/mol. The van der Waals surface area contributed by atoms with Crippen LogP contribution in [0.25, 0.3) is 0 Å². The summed E-state index contributed by atoms with van der Waals surface area (Å²) in [4.78, 5) is 4.67. The van der Waals surface area contributed by atoms with Gasteiger partial charge in [-0.15, -0.1) is 24.0 Å². The second-order valence-corrected chi connectivity index (χ2v) is 5.72. The van der Waals surface area contributed by atoms with Crippen molar-refractivity contribution in [2.75, 3.05) is 13.7 Å². The quantitative estimate of drug-likeness (QED) is 0.378. The van der Waals surface area contributed by atoms with E-state index in [1.165, 1.54) is 22.3 Å². The number of benzene rings is 2.